The summed E-state index contributed by atoms with van der Waals surface area (Å²) in [7, 11) is 3.16. The van der Waals surface area contributed by atoms with Gasteiger partial charge in [-0.2, -0.15) is 0 Å². The smallest absolute Gasteiger partial charge is 0.241 e. The average molecular weight is 369 g/mol. The fourth-order valence-electron chi connectivity index (χ4n) is 2.25. The Labute approximate surface area is 150 Å². The number of hydrogen-bond acceptors (Lipinski definition) is 3. The highest BCUT2D eigenvalue weighted by atomic mass is 35.5. The fraction of sp³-hybridized carbons (Fsp3) is 0.278. The summed E-state index contributed by atoms with van der Waals surface area (Å²) >= 11 is 5.70. The number of likely N-dealkylation sites (N-methyl/N-ethyl adjacent to an activating group) is 1. The summed E-state index contributed by atoms with van der Waals surface area (Å²) in [6, 6.07) is 8.14. The van der Waals surface area contributed by atoms with Crippen LogP contribution in [-0.2, 0) is 11.3 Å². The largest absolute Gasteiger partial charge is 0.494 e. The van der Waals surface area contributed by atoms with E-state index in [1.807, 2.05) is 0 Å². The Hall–Kier alpha value is -2.18. The van der Waals surface area contributed by atoms with Crippen LogP contribution < -0.4 is 10.1 Å². The normalized spacial score (nSPS) is 12.1. The Morgan fingerprint density at radius 2 is 1.96 bits per heavy atom. The minimum absolute atomic E-state index is 0.0625. The number of anilines is 1. The number of nitrogens with one attached hydrogen (secondary N) is 1. The highest BCUT2D eigenvalue weighted by Gasteiger charge is 2.19. The van der Waals surface area contributed by atoms with E-state index in [2.05, 4.69) is 5.32 Å². The lowest BCUT2D eigenvalue weighted by atomic mass is 10.1. The molecule has 0 heterocycles. The molecule has 0 saturated heterocycles. The summed E-state index contributed by atoms with van der Waals surface area (Å²) in [6.07, 6.45) is 0. The van der Waals surface area contributed by atoms with Crippen molar-refractivity contribution < 1.29 is 18.3 Å². The third-order valence-corrected chi connectivity index (χ3v) is 4.17. The summed E-state index contributed by atoms with van der Waals surface area (Å²) < 4.78 is 31.8. The van der Waals surface area contributed by atoms with Gasteiger partial charge in [-0.15, -0.1) is 0 Å². The minimum Gasteiger partial charge on any atom is -0.494 e. The van der Waals surface area contributed by atoms with Gasteiger partial charge >= 0.3 is 0 Å². The predicted octanol–water partition coefficient (Wildman–Crippen LogP) is 4.09. The zero-order valence-electron chi connectivity index (χ0n) is 14.1. The van der Waals surface area contributed by atoms with Gasteiger partial charge in [0.05, 0.1) is 18.2 Å². The predicted molar refractivity (Wildman–Crippen MR) is 93.9 cm³/mol. The maximum atomic E-state index is 13.8. The van der Waals surface area contributed by atoms with Crippen molar-refractivity contribution in [3.63, 3.8) is 0 Å². The fourth-order valence-corrected chi connectivity index (χ4v) is 2.43. The molecule has 0 fully saturated rings. The van der Waals surface area contributed by atoms with Crippen molar-refractivity contribution in [3.8, 4) is 5.75 Å². The molecule has 134 valence electrons. The quantitative estimate of drug-likeness (QED) is 0.835. The molecule has 1 unspecified atom stereocenters. The van der Waals surface area contributed by atoms with E-state index in [0.29, 0.717) is 17.8 Å². The summed E-state index contributed by atoms with van der Waals surface area (Å²) in [6.45, 7) is 2.10. The van der Waals surface area contributed by atoms with Crippen LogP contribution in [0, 0.1) is 11.6 Å². The van der Waals surface area contributed by atoms with Gasteiger partial charge in [0.1, 0.15) is 5.82 Å². The van der Waals surface area contributed by atoms with Gasteiger partial charge in [0.25, 0.3) is 0 Å². The lowest BCUT2D eigenvalue weighted by Gasteiger charge is -2.24. The van der Waals surface area contributed by atoms with E-state index in [1.54, 1.807) is 31.0 Å². The van der Waals surface area contributed by atoms with E-state index >= 15 is 0 Å². The SMILES string of the molecule is COc1ccc(CN(C)C(C)C(=O)Nc2ccc(F)c(Cl)c2)cc1F. The molecule has 0 aromatic heterocycles. The molecule has 4 nitrogen and oxygen atoms in total. The topological polar surface area (TPSA) is 41.6 Å². The number of amides is 1. The lowest BCUT2D eigenvalue weighted by molar-refractivity contribution is -0.120. The van der Waals surface area contributed by atoms with E-state index in [1.165, 1.54) is 31.4 Å². The Bertz CT molecular complexity index is 771. The average Bonchev–Trinajstić information content (AvgIpc) is 2.57. The van der Waals surface area contributed by atoms with Crippen LogP contribution in [0.15, 0.2) is 36.4 Å². The van der Waals surface area contributed by atoms with Crippen LogP contribution in [-0.4, -0.2) is 31.0 Å². The number of rotatable bonds is 6. The zero-order chi connectivity index (χ0) is 18.6. The van der Waals surface area contributed by atoms with Gasteiger partial charge < -0.3 is 10.1 Å². The molecule has 1 amide bonds. The second kappa shape index (κ2) is 8.27. The molecule has 0 radical (unpaired) electrons. The molecule has 2 rings (SSSR count). The van der Waals surface area contributed by atoms with E-state index in [9.17, 15) is 13.6 Å². The molecule has 2 aromatic carbocycles. The van der Waals surface area contributed by atoms with Gasteiger partial charge in [0.2, 0.25) is 5.91 Å². The highest BCUT2D eigenvalue weighted by molar-refractivity contribution is 6.31. The van der Waals surface area contributed by atoms with Crippen molar-refractivity contribution in [1.29, 1.82) is 0 Å². The van der Waals surface area contributed by atoms with Crippen LogP contribution >= 0.6 is 11.6 Å². The Morgan fingerprint density at radius 3 is 2.56 bits per heavy atom. The number of halogens is 3. The second-order valence-corrected chi connectivity index (χ2v) is 6.09. The van der Waals surface area contributed by atoms with Crippen LogP contribution in [0.4, 0.5) is 14.5 Å². The first-order valence-corrected chi connectivity index (χ1v) is 7.98. The number of hydrogen-bond donors (Lipinski definition) is 1. The van der Waals surface area contributed by atoms with Crippen LogP contribution in [0.2, 0.25) is 5.02 Å². The molecule has 1 atom stereocenters. The van der Waals surface area contributed by atoms with E-state index in [4.69, 9.17) is 16.3 Å². The summed E-state index contributed by atoms with van der Waals surface area (Å²) in [4.78, 5) is 14.1. The molecule has 0 bridgehead atoms. The molecule has 0 aliphatic heterocycles. The number of methoxy groups -OCH3 is 1. The number of ether oxygens (including phenoxy) is 1. The van der Waals surface area contributed by atoms with Crippen LogP contribution in [0.3, 0.4) is 0 Å². The van der Waals surface area contributed by atoms with Gasteiger partial charge in [0, 0.05) is 12.2 Å². The van der Waals surface area contributed by atoms with Crippen molar-refractivity contribution in [1.82, 2.24) is 4.90 Å². The number of nitrogens with zero attached hydrogens (tertiary/aromatic N) is 1. The van der Waals surface area contributed by atoms with Crippen LogP contribution in [0.5, 0.6) is 5.75 Å². The van der Waals surface area contributed by atoms with Crippen molar-refractivity contribution in [2.75, 3.05) is 19.5 Å². The third kappa shape index (κ3) is 4.90. The maximum absolute atomic E-state index is 13.8. The minimum atomic E-state index is -0.550. The zero-order valence-corrected chi connectivity index (χ0v) is 14.9. The van der Waals surface area contributed by atoms with Crippen molar-refractivity contribution in [3.05, 3.63) is 58.6 Å². The van der Waals surface area contributed by atoms with Crippen LogP contribution in [0.25, 0.3) is 0 Å². The Balaban J connectivity index is 2.00. The van der Waals surface area contributed by atoms with Crippen molar-refractivity contribution >= 4 is 23.2 Å². The number of carbonyl (C=O) groups is 1. The monoisotopic (exact) mass is 368 g/mol. The van der Waals surface area contributed by atoms with Gasteiger partial charge in [0.15, 0.2) is 11.6 Å². The summed E-state index contributed by atoms with van der Waals surface area (Å²) in [5, 5.41) is 2.62. The Kier molecular flexibility index (Phi) is 6.33. The third-order valence-electron chi connectivity index (χ3n) is 3.88. The van der Waals surface area contributed by atoms with E-state index < -0.39 is 17.7 Å². The molecule has 0 saturated carbocycles. The lowest BCUT2D eigenvalue weighted by Crippen LogP contribution is -2.39. The van der Waals surface area contributed by atoms with Crippen LogP contribution in [0.1, 0.15) is 12.5 Å². The van der Waals surface area contributed by atoms with Gasteiger partial charge in [-0.1, -0.05) is 17.7 Å². The van der Waals surface area contributed by atoms with Crippen molar-refractivity contribution in [2.24, 2.45) is 0 Å². The molecule has 0 aliphatic carbocycles. The molecular formula is C18H19ClF2N2O2. The summed E-state index contributed by atoms with van der Waals surface area (Å²) in [5.74, 6) is -1.11. The maximum Gasteiger partial charge on any atom is 0.241 e. The van der Waals surface area contributed by atoms with E-state index in [0.717, 1.165) is 0 Å². The van der Waals surface area contributed by atoms with Gasteiger partial charge in [-0.3, -0.25) is 9.69 Å². The number of carbonyl (C=O) groups excluding carboxylic acids is 1. The molecule has 2 aromatic rings. The summed E-state index contributed by atoms with van der Waals surface area (Å²) in [5.41, 5.74) is 1.12. The first-order valence-electron chi connectivity index (χ1n) is 7.60. The molecule has 0 aliphatic rings. The molecule has 25 heavy (non-hydrogen) atoms. The first-order chi connectivity index (χ1) is 11.8. The molecular weight excluding hydrogens is 350 g/mol. The Morgan fingerprint density at radius 1 is 1.24 bits per heavy atom. The standard InChI is InChI=1S/C18H19ClF2N2O2/c1-11(18(24)22-13-5-6-15(20)14(19)9-13)23(2)10-12-4-7-17(25-3)16(21)8-12/h4-9,11H,10H2,1-3H3,(H,22,24). The van der Waals surface area contributed by atoms with Gasteiger partial charge in [-0.25, -0.2) is 8.78 Å². The van der Waals surface area contributed by atoms with Crippen molar-refractivity contribution in [2.45, 2.75) is 19.5 Å². The molecule has 7 heteroatoms. The number of benzene rings is 2. The molecule has 1 N–H and O–H groups in total. The van der Waals surface area contributed by atoms with Gasteiger partial charge in [-0.05, 0) is 49.9 Å². The first kappa shape index (κ1) is 19.1. The molecule has 0 spiro atoms. The highest BCUT2D eigenvalue weighted by Crippen LogP contribution is 2.21. The van der Waals surface area contributed by atoms with E-state index in [-0.39, 0.29) is 16.7 Å². The second-order valence-electron chi connectivity index (χ2n) is 5.68.